The highest BCUT2D eigenvalue weighted by Gasteiger charge is 2.33. The molecule has 7 nitrogen and oxygen atoms in total. The van der Waals surface area contributed by atoms with Gasteiger partial charge in [-0.05, 0) is 36.8 Å². The van der Waals surface area contributed by atoms with Crippen LogP contribution in [0, 0.1) is 5.92 Å². The van der Waals surface area contributed by atoms with E-state index < -0.39 is 6.10 Å². The van der Waals surface area contributed by atoms with E-state index >= 15 is 0 Å². The number of nitrogens with zero attached hydrogens (tertiary/aromatic N) is 3. The number of carbonyl (C=O) groups excluding carboxylic acids is 1. The maximum atomic E-state index is 12.2. The first-order valence-corrected chi connectivity index (χ1v) is 8.55. The van der Waals surface area contributed by atoms with Gasteiger partial charge in [0, 0.05) is 31.6 Å². The molecule has 0 aromatic carbocycles. The smallest absolute Gasteiger partial charge is 0.220 e. The fraction of sp³-hybridized carbons (Fsp3) is 0.500. The number of pyridine rings is 1. The van der Waals surface area contributed by atoms with Crippen LogP contribution in [0.3, 0.4) is 0 Å². The van der Waals surface area contributed by atoms with Gasteiger partial charge in [0.2, 0.25) is 5.91 Å². The molecular formula is C18H24N4O3. The second kappa shape index (κ2) is 8.11. The van der Waals surface area contributed by atoms with Crippen molar-refractivity contribution in [3.8, 4) is 5.75 Å². The minimum Gasteiger partial charge on any atom is -0.495 e. The summed E-state index contributed by atoms with van der Waals surface area (Å²) in [6.45, 7) is 0.818. The molecule has 0 bridgehead atoms. The van der Waals surface area contributed by atoms with Gasteiger partial charge in [-0.25, -0.2) is 4.98 Å². The fourth-order valence-corrected chi connectivity index (χ4v) is 3.36. The Bertz CT molecular complexity index is 689. The average molecular weight is 344 g/mol. The number of amides is 1. The molecule has 1 saturated carbocycles. The number of carbonyl (C=O) groups is 1. The summed E-state index contributed by atoms with van der Waals surface area (Å²) in [5.74, 6) is 0.985. The molecule has 3 rings (SSSR count). The Kier molecular flexibility index (Phi) is 5.65. The number of imidazole rings is 1. The minimum absolute atomic E-state index is 0.0462. The van der Waals surface area contributed by atoms with Crippen LogP contribution in [0.25, 0.3) is 0 Å². The van der Waals surface area contributed by atoms with Gasteiger partial charge < -0.3 is 19.7 Å². The molecular weight excluding hydrogens is 320 g/mol. The largest absolute Gasteiger partial charge is 0.495 e. The van der Waals surface area contributed by atoms with Crippen LogP contribution in [0.5, 0.6) is 5.75 Å². The highest BCUT2D eigenvalue weighted by molar-refractivity contribution is 5.76. The first-order valence-electron chi connectivity index (χ1n) is 8.55. The zero-order valence-electron chi connectivity index (χ0n) is 14.3. The van der Waals surface area contributed by atoms with Crippen molar-refractivity contribution in [2.45, 2.75) is 44.4 Å². The average Bonchev–Trinajstić information content (AvgIpc) is 3.24. The lowest BCUT2D eigenvalue weighted by Crippen LogP contribution is -2.40. The van der Waals surface area contributed by atoms with Crippen molar-refractivity contribution < 1.29 is 14.6 Å². The van der Waals surface area contributed by atoms with Crippen molar-refractivity contribution >= 4 is 5.91 Å². The van der Waals surface area contributed by atoms with E-state index in [9.17, 15) is 9.90 Å². The lowest BCUT2D eigenvalue weighted by Gasteiger charge is -2.16. The maximum Gasteiger partial charge on any atom is 0.220 e. The number of rotatable bonds is 7. The molecule has 0 spiro atoms. The molecule has 1 amide bonds. The molecule has 3 atom stereocenters. The van der Waals surface area contributed by atoms with Crippen LogP contribution in [0.15, 0.2) is 37.2 Å². The van der Waals surface area contributed by atoms with Gasteiger partial charge in [0.05, 0.1) is 31.8 Å². The summed E-state index contributed by atoms with van der Waals surface area (Å²) < 4.78 is 7.15. The van der Waals surface area contributed by atoms with E-state index in [1.54, 1.807) is 32.0 Å². The Morgan fingerprint density at radius 2 is 2.28 bits per heavy atom. The van der Waals surface area contributed by atoms with Crippen molar-refractivity contribution in [1.82, 2.24) is 19.9 Å². The standard InChI is InChI=1S/C18H24N4O3/c1-25-15-6-13(9-20-10-15)2-3-18(24)21-16-7-14(8-17(16)23)11-22-5-4-19-12-22/h4-6,9-10,12,14,16-17,23H,2-3,7-8,11H2,1H3,(H,21,24)/t14?,16-,17-/m1/s1. The number of nitrogens with one attached hydrogen (secondary N) is 1. The highest BCUT2D eigenvalue weighted by atomic mass is 16.5. The Morgan fingerprint density at radius 1 is 1.40 bits per heavy atom. The van der Waals surface area contributed by atoms with Gasteiger partial charge in [0.1, 0.15) is 5.75 Å². The van der Waals surface area contributed by atoms with Crippen LogP contribution in [-0.4, -0.2) is 44.8 Å². The predicted molar refractivity (Wildman–Crippen MR) is 92.0 cm³/mol. The van der Waals surface area contributed by atoms with Gasteiger partial charge >= 0.3 is 0 Å². The van der Waals surface area contributed by atoms with E-state index in [2.05, 4.69) is 15.3 Å². The van der Waals surface area contributed by atoms with Crippen molar-refractivity contribution in [2.24, 2.45) is 5.92 Å². The number of ether oxygens (including phenoxy) is 1. The molecule has 2 heterocycles. The minimum atomic E-state index is -0.490. The maximum absolute atomic E-state index is 12.2. The normalized spacial score (nSPS) is 22.7. The molecule has 1 aliphatic rings. The quantitative estimate of drug-likeness (QED) is 0.787. The Morgan fingerprint density at radius 3 is 3.04 bits per heavy atom. The summed E-state index contributed by atoms with van der Waals surface area (Å²) in [5, 5.41) is 13.2. The monoisotopic (exact) mass is 344 g/mol. The topological polar surface area (TPSA) is 89.3 Å². The summed E-state index contributed by atoms with van der Waals surface area (Å²) in [6.07, 6.45) is 10.8. The molecule has 2 aromatic rings. The number of aryl methyl sites for hydroxylation is 1. The molecule has 7 heteroatoms. The SMILES string of the molecule is COc1cncc(CCC(=O)N[C@@H]2CC(Cn3ccnc3)C[C@H]2O)c1. The molecule has 25 heavy (non-hydrogen) atoms. The third-order valence-electron chi connectivity index (χ3n) is 4.65. The molecule has 0 aliphatic heterocycles. The van der Waals surface area contributed by atoms with Gasteiger partial charge in [0.25, 0.3) is 0 Å². The Labute approximate surface area is 147 Å². The van der Waals surface area contributed by atoms with Gasteiger partial charge in [0.15, 0.2) is 0 Å². The third kappa shape index (κ3) is 4.79. The summed E-state index contributed by atoms with van der Waals surface area (Å²) in [7, 11) is 1.59. The second-order valence-electron chi connectivity index (χ2n) is 6.57. The molecule has 134 valence electrons. The first-order chi connectivity index (χ1) is 12.1. The van der Waals surface area contributed by atoms with Crippen LogP contribution in [0.2, 0.25) is 0 Å². The van der Waals surface area contributed by atoms with Crippen molar-refractivity contribution in [3.05, 3.63) is 42.7 Å². The predicted octanol–water partition coefficient (Wildman–Crippen LogP) is 1.18. The zero-order chi connectivity index (χ0) is 17.6. The number of aliphatic hydroxyl groups is 1. The molecule has 1 aliphatic carbocycles. The summed E-state index contributed by atoms with van der Waals surface area (Å²) in [6, 6.07) is 1.70. The summed E-state index contributed by atoms with van der Waals surface area (Å²) in [4.78, 5) is 20.3. The molecule has 1 fully saturated rings. The third-order valence-corrected chi connectivity index (χ3v) is 4.65. The number of hydrogen-bond acceptors (Lipinski definition) is 5. The fourth-order valence-electron chi connectivity index (χ4n) is 3.36. The Balaban J connectivity index is 1.45. The number of aliphatic hydroxyl groups excluding tert-OH is 1. The number of aromatic nitrogens is 3. The van der Waals surface area contributed by atoms with E-state index in [0.717, 1.165) is 18.5 Å². The van der Waals surface area contributed by atoms with Gasteiger partial charge in [-0.1, -0.05) is 0 Å². The lowest BCUT2D eigenvalue weighted by molar-refractivity contribution is -0.122. The van der Waals surface area contributed by atoms with E-state index in [1.165, 1.54) is 0 Å². The van der Waals surface area contributed by atoms with Crippen LogP contribution in [-0.2, 0) is 17.8 Å². The number of hydrogen-bond donors (Lipinski definition) is 2. The molecule has 2 N–H and O–H groups in total. The van der Waals surface area contributed by atoms with Gasteiger partial charge in [-0.2, -0.15) is 0 Å². The van der Waals surface area contributed by atoms with Crippen LogP contribution in [0.1, 0.15) is 24.8 Å². The molecule has 0 radical (unpaired) electrons. The van der Waals surface area contributed by atoms with Crippen LogP contribution >= 0.6 is 0 Å². The molecule has 0 saturated heterocycles. The van der Waals surface area contributed by atoms with E-state index in [4.69, 9.17) is 4.74 Å². The second-order valence-corrected chi connectivity index (χ2v) is 6.57. The van der Waals surface area contributed by atoms with E-state index in [1.807, 2.05) is 16.8 Å². The Hall–Kier alpha value is -2.41. The van der Waals surface area contributed by atoms with Crippen LogP contribution < -0.4 is 10.1 Å². The summed E-state index contributed by atoms with van der Waals surface area (Å²) in [5.41, 5.74) is 0.958. The first kappa shape index (κ1) is 17.4. The lowest BCUT2D eigenvalue weighted by atomic mass is 10.1. The number of methoxy groups -OCH3 is 1. The van der Waals surface area contributed by atoms with E-state index in [0.29, 0.717) is 30.9 Å². The van der Waals surface area contributed by atoms with Crippen LogP contribution in [0.4, 0.5) is 0 Å². The molecule has 1 unspecified atom stereocenters. The van der Waals surface area contributed by atoms with Gasteiger partial charge in [-0.3, -0.25) is 9.78 Å². The van der Waals surface area contributed by atoms with Crippen molar-refractivity contribution in [1.29, 1.82) is 0 Å². The van der Waals surface area contributed by atoms with Gasteiger partial charge in [-0.15, -0.1) is 0 Å². The van der Waals surface area contributed by atoms with Crippen molar-refractivity contribution in [2.75, 3.05) is 7.11 Å². The summed E-state index contributed by atoms with van der Waals surface area (Å²) >= 11 is 0. The highest BCUT2D eigenvalue weighted by Crippen LogP contribution is 2.27. The van der Waals surface area contributed by atoms with Crippen molar-refractivity contribution in [3.63, 3.8) is 0 Å². The zero-order valence-corrected chi connectivity index (χ0v) is 14.3. The molecule has 2 aromatic heterocycles. The van der Waals surface area contributed by atoms with E-state index in [-0.39, 0.29) is 11.9 Å².